The van der Waals surface area contributed by atoms with Crippen molar-refractivity contribution in [3.8, 4) is 11.5 Å². The van der Waals surface area contributed by atoms with Gasteiger partial charge in [0.05, 0.1) is 29.7 Å². The Morgan fingerprint density at radius 2 is 1.67 bits per heavy atom. The van der Waals surface area contributed by atoms with Gasteiger partial charge in [-0.15, -0.1) is 11.8 Å². The number of halogens is 1. The summed E-state index contributed by atoms with van der Waals surface area (Å²) >= 11 is 2.87. The Kier molecular flexibility index (Phi) is 6.27. The van der Waals surface area contributed by atoms with Crippen LogP contribution in [0.4, 0.5) is 10.1 Å². The summed E-state index contributed by atoms with van der Waals surface area (Å²) < 4.78 is 25.5. The van der Waals surface area contributed by atoms with Crippen molar-refractivity contribution in [2.24, 2.45) is 29.6 Å². The van der Waals surface area contributed by atoms with Crippen LogP contribution in [0, 0.1) is 35.4 Å². The smallest absolute Gasteiger partial charge is 0.305 e. The summed E-state index contributed by atoms with van der Waals surface area (Å²) in [6.45, 7) is 0.401. The zero-order valence-corrected chi connectivity index (χ0v) is 24.7. The van der Waals surface area contributed by atoms with Gasteiger partial charge >= 0.3 is 4.87 Å². The molecule has 2 amide bonds. The van der Waals surface area contributed by atoms with E-state index in [1.807, 2.05) is 48.5 Å². The highest BCUT2D eigenvalue weighted by molar-refractivity contribution is 8.00. The number of carbonyl (C=O) groups excluding carboxylic acids is 2. The van der Waals surface area contributed by atoms with Gasteiger partial charge in [0.15, 0.2) is 11.5 Å². The van der Waals surface area contributed by atoms with Crippen molar-refractivity contribution in [1.82, 2.24) is 4.98 Å². The summed E-state index contributed by atoms with van der Waals surface area (Å²) in [4.78, 5) is 45.4. The second-order valence-electron chi connectivity index (χ2n) is 11.6. The van der Waals surface area contributed by atoms with Gasteiger partial charge in [0.25, 0.3) is 0 Å². The van der Waals surface area contributed by atoms with Crippen LogP contribution in [0.2, 0.25) is 0 Å². The lowest BCUT2D eigenvalue weighted by Gasteiger charge is -2.43. The quantitative estimate of drug-likeness (QED) is 0.275. The Morgan fingerprint density at radius 1 is 0.930 bits per heavy atom. The summed E-state index contributed by atoms with van der Waals surface area (Å²) in [6, 6.07) is 21.4. The zero-order valence-electron chi connectivity index (χ0n) is 23.1. The number of carbonyl (C=O) groups is 2. The number of aromatic amines is 1. The van der Waals surface area contributed by atoms with Crippen molar-refractivity contribution in [1.29, 1.82) is 0 Å². The highest BCUT2D eigenvalue weighted by atomic mass is 32.2. The number of ether oxygens (including phenoxy) is 2. The van der Waals surface area contributed by atoms with Gasteiger partial charge in [0.2, 0.25) is 11.8 Å². The van der Waals surface area contributed by atoms with Gasteiger partial charge in [-0.25, -0.2) is 4.39 Å². The third-order valence-electron chi connectivity index (χ3n) is 9.59. The van der Waals surface area contributed by atoms with E-state index < -0.39 is 17.7 Å². The molecule has 8 rings (SSSR count). The third kappa shape index (κ3) is 4.10. The van der Waals surface area contributed by atoms with Crippen LogP contribution >= 0.6 is 23.1 Å². The van der Waals surface area contributed by atoms with Crippen molar-refractivity contribution in [2.75, 3.05) is 12.0 Å². The largest absolute Gasteiger partial charge is 0.493 e. The number of thiazole rings is 1. The topological polar surface area (TPSA) is 88.7 Å². The second kappa shape index (κ2) is 10.1. The van der Waals surface area contributed by atoms with Gasteiger partial charge in [-0.3, -0.25) is 19.3 Å². The van der Waals surface area contributed by atoms with E-state index >= 15 is 0 Å². The third-order valence-corrected chi connectivity index (χ3v) is 12.2. The molecule has 3 aromatic carbocycles. The van der Waals surface area contributed by atoms with E-state index in [-0.39, 0.29) is 45.6 Å². The molecule has 0 radical (unpaired) electrons. The Hall–Kier alpha value is -3.89. The maximum Gasteiger partial charge on any atom is 0.305 e. The maximum atomic E-state index is 13.9. The number of rotatable bonds is 6. The van der Waals surface area contributed by atoms with Crippen LogP contribution in [0.1, 0.15) is 28.3 Å². The predicted octanol–water partition coefficient (Wildman–Crippen LogP) is 5.84. The van der Waals surface area contributed by atoms with E-state index in [1.165, 1.54) is 40.5 Å². The molecule has 43 heavy (non-hydrogen) atoms. The first kappa shape index (κ1) is 26.7. The molecule has 1 N–H and O–H groups in total. The number of hydrogen-bond donors (Lipinski definition) is 1. The Balaban J connectivity index is 1.16. The summed E-state index contributed by atoms with van der Waals surface area (Å²) in [5, 5.41) is 0.916. The number of imide groups is 1. The highest BCUT2D eigenvalue weighted by Crippen LogP contribution is 2.68. The van der Waals surface area contributed by atoms with E-state index in [0.29, 0.717) is 23.8 Å². The molecule has 3 fully saturated rings. The van der Waals surface area contributed by atoms with Crippen molar-refractivity contribution in [2.45, 2.75) is 29.2 Å². The first-order valence-corrected chi connectivity index (χ1v) is 16.0. The average molecular weight is 615 g/mol. The molecule has 2 bridgehead atoms. The number of hydrogen-bond acceptors (Lipinski definition) is 7. The lowest BCUT2D eigenvalue weighted by Crippen LogP contribution is -2.42. The Labute approximate surface area is 255 Å². The van der Waals surface area contributed by atoms with E-state index in [9.17, 15) is 18.8 Å². The van der Waals surface area contributed by atoms with Crippen LogP contribution in [0.5, 0.6) is 11.5 Å². The molecule has 3 heterocycles. The van der Waals surface area contributed by atoms with Crippen molar-refractivity contribution in [3.05, 3.63) is 104 Å². The lowest BCUT2D eigenvalue weighted by molar-refractivity contribution is -0.123. The van der Waals surface area contributed by atoms with Crippen molar-refractivity contribution < 1.29 is 23.5 Å². The molecule has 2 saturated carbocycles. The molecular formula is C33H27FN2O5S2. The van der Waals surface area contributed by atoms with Crippen LogP contribution in [-0.2, 0) is 16.2 Å². The van der Waals surface area contributed by atoms with E-state index in [0.717, 1.165) is 27.5 Å². The predicted molar refractivity (Wildman–Crippen MR) is 161 cm³/mol. The average Bonchev–Trinajstić information content (AvgIpc) is 3.76. The summed E-state index contributed by atoms with van der Waals surface area (Å²) in [7, 11) is 1.61. The summed E-state index contributed by atoms with van der Waals surface area (Å²) in [5.41, 5.74) is 2.45. The highest BCUT2D eigenvalue weighted by Gasteiger charge is 2.69. The van der Waals surface area contributed by atoms with Gasteiger partial charge in [-0.05, 0) is 71.7 Å². The van der Waals surface area contributed by atoms with Crippen LogP contribution in [0.3, 0.4) is 0 Å². The van der Waals surface area contributed by atoms with Crippen molar-refractivity contribution in [3.63, 3.8) is 0 Å². The number of methoxy groups -OCH3 is 1. The van der Waals surface area contributed by atoms with Crippen LogP contribution < -0.4 is 19.2 Å². The number of nitrogens with zero attached hydrogens (tertiary/aromatic N) is 1. The number of amides is 2. The molecule has 1 aromatic heterocycles. The maximum absolute atomic E-state index is 13.9. The molecule has 10 heteroatoms. The Morgan fingerprint density at radius 3 is 2.42 bits per heavy atom. The van der Waals surface area contributed by atoms with Gasteiger partial charge < -0.3 is 14.5 Å². The summed E-state index contributed by atoms with van der Waals surface area (Å²) in [5.74, 6) is -0.537. The second-order valence-corrected chi connectivity index (χ2v) is 13.8. The molecular weight excluding hydrogens is 588 g/mol. The molecule has 1 saturated heterocycles. The first-order chi connectivity index (χ1) is 20.9. The molecule has 2 aliphatic heterocycles. The zero-order chi connectivity index (χ0) is 29.4. The molecule has 4 aliphatic rings. The number of H-pyrrole nitrogens is 1. The monoisotopic (exact) mass is 614 g/mol. The fourth-order valence-corrected chi connectivity index (χ4v) is 10.9. The van der Waals surface area contributed by atoms with Crippen LogP contribution in [-0.4, -0.2) is 29.2 Å². The van der Waals surface area contributed by atoms with E-state index in [4.69, 9.17) is 9.47 Å². The minimum Gasteiger partial charge on any atom is -0.493 e. The number of thioether (sulfide) groups is 1. The van der Waals surface area contributed by atoms with Gasteiger partial charge in [-0.1, -0.05) is 47.7 Å². The molecule has 2 aliphatic carbocycles. The number of aromatic nitrogens is 1. The minimum atomic E-state index is -0.431. The van der Waals surface area contributed by atoms with E-state index in [2.05, 4.69) is 4.98 Å². The number of anilines is 1. The minimum absolute atomic E-state index is 0.00123. The SMILES string of the molecule is COc1cc([C@H]2c3sc(=O)[nH]c3SC3C4CC(C5C(=O)N(c6ccc(F)cc6)C(=O)C45)C32)ccc1OCc1ccccc1. The Bertz CT molecular complexity index is 1810. The first-order valence-electron chi connectivity index (χ1n) is 14.3. The standard InChI is InChI=1S/C33H27FN2O5S2/c1-40-23-13-17(7-12-22(23)41-15-16-5-3-2-4-6-16)24-25-20-14-21(28(25)42-30-29(24)43-33(39)35-30)27-26(20)31(37)36(32(27)38)19-10-8-18(34)9-11-19/h2-13,20-21,24-28H,14-15H2,1H3,(H,35,39)/t20?,21?,24-,25?,26?,27?,28?/m1/s1. The number of nitrogens with one attached hydrogen (secondary N) is 1. The van der Waals surface area contributed by atoms with Crippen molar-refractivity contribution >= 4 is 40.6 Å². The fourth-order valence-electron chi connectivity index (χ4n) is 7.97. The molecule has 7 nitrogen and oxygen atoms in total. The fraction of sp³-hybridized carbons (Fsp3) is 0.303. The molecule has 4 aromatic rings. The molecule has 7 atom stereocenters. The number of fused-ring (bicyclic) bond motifs is 9. The van der Waals surface area contributed by atoms with Gasteiger partial charge in [0.1, 0.15) is 12.4 Å². The van der Waals surface area contributed by atoms with Gasteiger partial charge in [-0.2, -0.15) is 0 Å². The van der Waals surface area contributed by atoms with Gasteiger partial charge in [0, 0.05) is 16.0 Å². The lowest BCUT2D eigenvalue weighted by atomic mass is 9.68. The molecule has 218 valence electrons. The number of benzene rings is 3. The van der Waals surface area contributed by atoms with Crippen LogP contribution in [0.25, 0.3) is 0 Å². The molecule has 0 spiro atoms. The van der Waals surface area contributed by atoms with E-state index in [1.54, 1.807) is 18.9 Å². The van der Waals surface area contributed by atoms with Crippen LogP contribution in [0.15, 0.2) is 82.6 Å². The molecule has 6 unspecified atom stereocenters. The normalized spacial score (nSPS) is 28.5. The summed E-state index contributed by atoms with van der Waals surface area (Å²) in [6.07, 6.45) is 0.789.